The van der Waals surface area contributed by atoms with E-state index in [1.807, 2.05) is 43.3 Å². The predicted molar refractivity (Wildman–Crippen MR) is 119 cm³/mol. The molecular weight excluding hydrogens is 378 g/mol. The van der Waals surface area contributed by atoms with Crippen molar-refractivity contribution in [2.24, 2.45) is 0 Å². The van der Waals surface area contributed by atoms with E-state index in [0.29, 0.717) is 24.5 Å². The number of carbonyl (C=O) groups is 1. The summed E-state index contributed by atoms with van der Waals surface area (Å²) in [7, 11) is 3.18. The van der Waals surface area contributed by atoms with Crippen LogP contribution in [0.1, 0.15) is 24.7 Å². The van der Waals surface area contributed by atoms with Gasteiger partial charge in [0.1, 0.15) is 5.82 Å². The van der Waals surface area contributed by atoms with Gasteiger partial charge in [0.2, 0.25) is 5.91 Å². The Bertz CT molecular complexity index is 1040. The number of benzene rings is 2. The number of para-hydroxylation sites is 2. The van der Waals surface area contributed by atoms with Gasteiger partial charge in [0.05, 0.1) is 31.7 Å². The molecule has 1 amide bonds. The van der Waals surface area contributed by atoms with Crippen molar-refractivity contribution in [3.63, 3.8) is 0 Å². The van der Waals surface area contributed by atoms with Gasteiger partial charge >= 0.3 is 0 Å². The minimum atomic E-state index is -0.0161. The van der Waals surface area contributed by atoms with Gasteiger partial charge in [-0.25, -0.2) is 4.98 Å². The number of methoxy groups -OCH3 is 2. The van der Waals surface area contributed by atoms with Gasteiger partial charge in [-0.2, -0.15) is 0 Å². The third-order valence-electron chi connectivity index (χ3n) is 4.87. The van der Waals surface area contributed by atoms with Crippen molar-refractivity contribution in [1.29, 1.82) is 0 Å². The van der Waals surface area contributed by atoms with Crippen LogP contribution in [0, 0.1) is 0 Å². The molecule has 158 valence electrons. The first-order valence-corrected chi connectivity index (χ1v) is 10.1. The number of rotatable bonds is 10. The van der Waals surface area contributed by atoms with Gasteiger partial charge in [-0.05, 0) is 43.2 Å². The monoisotopic (exact) mass is 407 g/mol. The molecule has 3 aromatic rings. The number of nitrogens with zero attached hydrogens (tertiary/aromatic N) is 2. The summed E-state index contributed by atoms with van der Waals surface area (Å²) in [5.41, 5.74) is 4.08. The number of allylic oxidation sites excluding steroid dienone is 1. The lowest BCUT2D eigenvalue weighted by molar-refractivity contribution is -0.120. The number of amides is 1. The van der Waals surface area contributed by atoms with Crippen LogP contribution in [0.3, 0.4) is 0 Å². The van der Waals surface area contributed by atoms with E-state index in [2.05, 4.69) is 22.5 Å². The molecule has 0 unspecified atom stereocenters. The lowest BCUT2D eigenvalue weighted by atomic mass is 10.1. The van der Waals surface area contributed by atoms with Crippen LogP contribution in [0.2, 0.25) is 0 Å². The summed E-state index contributed by atoms with van der Waals surface area (Å²) in [5, 5.41) is 3.00. The van der Waals surface area contributed by atoms with Crippen LogP contribution < -0.4 is 14.8 Å². The summed E-state index contributed by atoms with van der Waals surface area (Å²) < 4.78 is 12.7. The average molecular weight is 408 g/mol. The van der Waals surface area contributed by atoms with Crippen molar-refractivity contribution in [2.75, 3.05) is 20.8 Å². The summed E-state index contributed by atoms with van der Waals surface area (Å²) in [6.07, 6.45) is 1.91. The second kappa shape index (κ2) is 9.96. The number of hydrogen-bond donors (Lipinski definition) is 1. The number of nitrogens with one attached hydrogen (secondary N) is 1. The summed E-state index contributed by atoms with van der Waals surface area (Å²) in [6.45, 7) is 7.41. The second-order valence-corrected chi connectivity index (χ2v) is 7.38. The molecule has 1 heterocycles. The van der Waals surface area contributed by atoms with Crippen LogP contribution in [-0.2, 0) is 24.2 Å². The Hall–Kier alpha value is -3.28. The van der Waals surface area contributed by atoms with Gasteiger partial charge in [-0.15, -0.1) is 0 Å². The normalized spacial score (nSPS) is 10.8. The fourth-order valence-electron chi connectivity index (χ4n) is 3.48. The van der Waals surface area contributed by atoms with Crippen LogP contribution in [-0.4, -0.2) is 36.2 Å². The first-order valence-electron chi connectivity index (χ1n) is 10.1. The van der Waals surface area contributed by atoms with Crippen LogP contribution >= 0.6 is 0 Å². The Morgan fingerprint density at radius 2 is 1.90 bits per heavy atom. The lowest BCUT2D eigenvalue weighted by Crippen LogP contribution is -2.26. The van der Waals surface area contributed by atoms with Crippen molar-refractivity contribution in [2.45, 2.75) is 32.7 Å². The maximum Gasteiger partial charge on any atom is 0.224 e. The lowest BCUT2D eigenvalue weighted by Gasteiger charge is -2.11. The third kappa shape index (κ3) is 5.20. The van der Waals surface area contributed by atoms with E-state index in [1.54, 1.807) is 14.2 Å². The second-order valence-electron chi connectivity index (χ2n) is 7.38. The smallest absolute Gasteiger partial charge is 0.224 e. The van der Waals surface area contributed by atoms with Crippen LogP contribution in [0.5, 0.6) is 11.5 Å². The quantitative estimate of drug-likeness (QED) is 0.409. The summed E-state index contributed by atoms with van der Waals surface area (Å²) in [6, 6.07) is 13.7. The van der Waals surface area contributed by atoms with Gasteiger partial charge in [0.15, 0.2) is 11.5 Å². The molecule has 0 saturated heterocycles. The van der Waals surface area contributed by atoms with Crippen LogP contribution in [0.15, 0.2) is 54.6 Å². The molecule has 6 nitrogen and oxygen atoms in total. The van der Waals surface area contributed by atoms with E-state index >= 15 is 0 Å². The summed E-state index contributed by atoms with van der Waals surface area (Å²) >= 11 is 0. The van der Waals surface area contributed by atoms with E-state index < -0.39 is 0 Å². The number of fused-ring (bicyclic) bond motifs is 1. The molecule has 0 aliphatic heterocycles. The number of imidazole rings is 1. The number of aromatic nitrogens is 2. The van der Waals surface area contributed by atoms with Gasteiger partial charge in [-0.1, -0.05) is 30.4 Å². The van der Waals surface area contributed by atoms with Crippen molar-refractivity contribution in [1.82, 2.24) is 14.9 Å². The van der Waals surface area contributed by atoms with E-state index in [-0.39, 0.29) is 5.91 Å². The number of aryl methyl sites for hydroxylation is 1. The van der Waals surface area contributed by atoms with Crippen LogP contribution in [0.25, 0.3) is 11.0 Å². The topological polar surface area (TPSA) is 65.4 Å². The molecule has 0 saturated carbocycles. The van der Waals surface area contributed by atoms with Gasteiger partial charge < -0.3 is 19.4 Å². The Kier molecular flexibility index (Phi) is 7.12. The highest BCUT2D eigenvalue weighted by Crippen LogP contribution is 2.27. The number of hydrogen-bond acceptors (Lipinski definition) is 4. The molecule has 1 aromatic heterocycles. The highest BCUT2D eigenvalue weighted by atomic mass is 16.5. The van der Waals surface area contributed by atoms with E-state index in [0.717, 1.165) is 47.4 Å². The largest absolute Gasteiger partial charge is 0.493 e. The Morgan fingerprint density at radius 3 is 2.63 bits per heavy atom. The van der Waals surface area contributed by atoms with Crippen molar-refractivity contribution in [3.8, 4) is 11.5 Å². The minimum Gasteiger partial charge on any atom is -0.493 e. The molecule has 0 radical (unpaired) electrons. The van der Waals surface area contributed by atoms with E-state index in [4.69, 9.17) is 14.5 Å². The highest BCUT2D eigenvalue weighted by Gasteiger charge is 2.11. The molecule has 0 fully saturated rings. The van der Waals surface area contributed by atoms with E-state index in [9.17, 15) is 4.79 Å². The zero-order valence-electron chi connectivity index (χ0n) is 17.9. The maximum absolute atomic E-state index is 12.3. The first kappa shape index (κ1) is 21.4. The number of carbonyl (C=O) groups excluding carboxylic acids is 1. The molecule has 6 heteroatoms. The molecule has 1 N–H and O–H groups in total. The molecule has 0 aliphatic rings. The molecule has 0 spiro atoms. The summed E-state index contributed by atoms with van der Waals surface area (Å²) in [4.78, 5) is 17.1. The fraction of sp³-hybridized carbons (Fsp3) is 0.333. The minimum absolute atomic E-state index is 0.0161. The summed E-state index contributed by atoms with van der Waals surface area (Å²) in [5.74, 6) is 2.28. The Morgan fingerprint density at radius 1 is 1.13 bits per heavy atom. The number of ether oxygens (including phenoxy) is 2. The molecule has 0 aliphatic carbocycles. The fourth-order valence-corrected chi connectivity index (χ4v) is 3.48. The zero-order valence-corrected chi connectivity index (χ0v) is 17.9. The van der Waals surface area contributed by atoms with Crippen molar-refractivity contribution < 1.29 is 14.3 Å². The van der Waals surface area contributed by atoms with Gasteiger partial charge in [0, 0.05) is 19.5 Å². The molecule has 2 aromatic carbocycles. The maximum atomic E-state index is 12.3. The molecular formula is C24H29N3O3. The van der Waals surface area contributed by atoms with Crippen molar-refractivity contribution in [3.05, 3.63) is 66.0 Å². The van der Waals surface area contributed by atoms with Gasteiger partial charge in [0.25, 0.3) is 0 Å². The highest BCUT2D eigenvalue weighted by molar-refractivity contribution is 5.79. The average Bonchev–Trinajstić information content (AvgIpc) is 3.08. The first-order chi connectivity index (χ1) is 14.5. The SMILES string of the molecule is C=C(C)Cn1c(CCCNC(=O)Cc2ccc(OC)c(OC)c2)nc2ccccc21. The Labute approximate surface area is 177 Å². The van der Waals surface area contributed by atoms with Crippen molar-refractivity contribution >= 4 is 16.9 Å². The molecule has 0 atom stereocenters. The molecule has 0 bridgehead atoms. The molecule has 3 rings (SSSR count). The zero-order chi connectivity index (χ0) is 21.5. The van der Waals surface area contributed by atoms with Crippen LogP contribution in [0.4, 0.5) is 0 Å². The van der Waals surface area contributed by atoms with E-state index in [1.165, 1.54) is 0 Å². The predicted octanol–water partition coefficient (Wildman–Crippen LogP) is 3.92. The third-order valence-corrected chi connectivity index (χ3v) is 4.87. The molecule has 30 heavy (non-hydrogen) atoms. The van der Waals surface area contributed by atoms with Gasteiger partial charge in [-0.3, -0.25) is 4.79 Å². The standard InChI is InChI=1S/C24H29N3O3/c1-17(2)16-27-20-9-6-5-8-19(20)26-23(27)10-7-13-25-24(28)15-18-11-12-21(29-3)22(14-18)30-4/h5-6,8-9,11-12,14H,1,7,10,13,15-16H2,2-4H3,(H,25,28). The Balaban J connectivity index is 1.55.